The van der Waals surface area contributed by atoms with E-state index in [-0.39, 0.29) is 17.5 Å². The molecule has 6 N–H and O–H groups in total. The number of rotatable bonds is 12. The standard InChI is InChI=1S/C45H59N5O7/c1-31(51)28-48-30-55-21-17-35-27-44(29-46-2)26-34(35)11-9-20-56-42-37-22-32(23-40(42)57-44)10-5-6-14-41(53)45(25-33-15-16-38(52)39(24-33)54-4)18-7-12-36(45)13-8-19-49-43(47-3)50-37/h6,14-16,22-24,31,34-36,46,48,51-52H,5,7,10-13,17-18,21,25-30H2,1-4H3,(H2,47,49,50)/b14-6+/t31-,34-,35-,36-,44+,45+/m0/s1. The number of ketones is 1. The second-order valence-electron chi connectivity index (χ2n) is 16.0. The zero-order valence-corrected chi connectivity index (χ0v) is 33.8. The molecule has 0 amide bonds. The number of anilines is 1. The third-order valence-electron chi connectivity index (χ3n) is 11.9. The molecule has 0 saturated heterocycles. The number of aliphatic imine (C=N–C) groups is 1. The van der Waals surface area contributed by atoms with Crippen molar-refractivity contribution in [1.82, 2.24) is 16.0 Å². The Balaban J connectivity index is 1.28. The first-order valence-corrected chi connectivity index (χ1v) is 20.3. The number of hydrogen-bond donors (Lipinski definition) is 6. The fourth-order valence-corrected chi connectivity index (χ4v) is 9.19. The highest BCUT2D eigenvalue weighted by atomic mass is 16.5. The number of nitrogens with one attached hydrogen (secondary N) is 4. The summed E-state index contributed by atoms with van der Waals surface area (Å²) in [6, 6.07) is 12.5. The van der Waals surface area contributed by atoms with Gasteiger partial charge in [-0.15, -0.1) is 0 Å². The van der Waals surface area contributed by atoms with Crippen molar-refractivity contribution in [3.63, 3.8) is 0 Å². The molecule has 2 aliphatic heterocycles. The van der Waals surface area contributed by atoms with E-state index in [0.29, 0.717) is 99.3 Å². The molecule has 4 aliphatic rings. The zero-order valence-electron chi connectivity index (χ0n) is 33.8. The van der Waals surface area contributed by atoms with E-state index in [1.807, 2.05) is 37.4 Å². The van der Waals surface area contributed by atoms with Crippen molar-refractivity contribution in [1.29, 1.82) is 0 Å². The minimum absolute atomic E-state index is 0.0567. The Kier molecular flexibility index (Phi) is 14.4. The number of aryl methyl sites for hydroxylation is 1. The quantitative estimate of drug-likeness (QED) is 0.0948. The van der Waals surface area contributed by atoms with E-state index in [9.17, 15) is 15.0 Å². The maximum Gasteiger partial charge on any atom is 0.207 e. The van der Waals surface area contributed by atoms with Crippen LogP contribution in [0, 0.1) is 47.2 Å². The van der Waals surface area contributed by atoms with Gasteiger partial charge in [0, 0.05) is 51.0 Å². The molecule has 12 heteroatoms. The predicted molar refractivity (Wildman–Crippen MR) is 221 cm³/mol. The van der Waals surface area contributed by atoms with E-state index >= 15 is 0 Å². The molecule has 6 atom stereocenters. The number of nitrogens with zero attached hydrogens (tertiary/aromatic N) is 1. The fraction of sp³-hybridized carbons (Fsp3) is 0.556. The zero-order chi connectivity index (χ0) is 40.3. The maximum atomic E-state index is 14.3. The number of allylic oxidation sites excluding steroid dienone is 2. The van der Waals surface area contributed by atoms with E-state index in [0.717, 1.165) is 49.7 Å². The Morgan fingerprint density at radius 1 is 1.18 bits per heavy atom. The monoisotopic (exact) mass is 781 g/mol. The number of aliphatic hydroxyl groups excluding tert-OH is 1. The van der Waals surface area contributed by atoms with Gasteiger partial charge in [0.1, 0.15) is 11.7 Å². The molecule has 2 aliphatic carbocycles. The summed E-state index contributed by atoms with van der Waals surface area (Å²) in [5.74, 6) is 9.44. The maximum absolute atomic E-state index is 14.3. The van der Waals surface area contributed by atoms with Crippen LogP contribution in [0.25, 0.3) is 0 Å². The van der Waals surface area contributed by atoms with Crippen LogP contribution in [-0.2, 0) is 22.4 Å². The normalized spacial score (nSPS) is 27.4. The molecule has 6 rings (SSSR count). The number of aliphatic hydroxyl groups is 1. The molecular formula is C45H59N5O7. The van der Waals surface area contributed by atoms with Crippen molar-refractivity contribution < 1.29 is 34.0 Å². The van der Waals surface area contributed by atoms with Crippen molar-refractivity contribution in [2.24, 2.45) is 28.2 Å². The molecule has 2 aromatic carbocycles. The van der Waals surface area contributed by atoms with E-state index in [2.05, 4.69) is 50.3 Å². The largest absolute Gasteiger partial charge is 0.504 e. The molecule has 306 valence electrons. The first kappa shape index (κ1) is 41.9. The van der Waals surface area contributed by atoms with Gasteiger partial charge in [-0.1, -0.05) is 30.4 Å². The number of phenols is 1. The molecular weight excluding hydrogens is 723 g/mol. The first-order valence-electron chi connectivity index (χ1n) is 20.3. The van der Waals surface area contributed by atoms with Crippen molar-refractivity contribution in [2.75, 3.05) is 52.9 Å². The average Bonchev–Trinajstić information content (AvgIpc) is 3.75. The smallest absolute Gasteiger partial charge is 0.207 e. The number of benzene rings is 2. The van der Waals surface area contributed by atoms with Gasteiger partial charge < -0.3 is 39.8 Å². The van der Waals surface area contributed by atoms with Gasteiger partial charge in [-0.05, 0) is 125 Å². The van der Waals surface area contributed by atoms with Crippen molar-refractivity contribution in [3.05, 3.63) is 53.6 Å². The van der Waals surface area contributed by atoms with Crippen LogP contribution in [0.3, 0.4) is 0 Å². The lowest BCUT2D eigenvalue weighted by Gasteiger charge is -2.33. The van der Waals surface area contributed by atoms with Crippen LogP contribution in [0.5, 0.6) is 23.0 Å². The molecule has 2 fully saturated rings. The highest BCUT2D eigenvalue weighted by Gasteiger charge is 2.48. The van der Waals surface area contributed by atoms with Gasteiger partial charge in [0.2, 0.25) is 11.7 Å². The molecule has 4 bridgehead atoms. The Morgan fingerprint density at radius 3 is 2.86 bits per heavy atom. The molecule has 2 heterocycles. The minimum atomic E-state index is -0.621. The van der Waals surface area contributed by atoms with Crippen molar-refractivity contribution >= 4 is 17.4 Å². The topological polar surface area (TPSA) is 155 Å². The number of aromatic hydroxyl groups is 1. The van der Waals surface area contributed by atoms with Crippen LogP contribution in [0.1, 0.15) is 75.8 Å². The second-order valence-corrected chi connectivity index (χ2v) is 16.0. The number of ether oxygens (including phenoxy) is 4. The van der Waals surface area contributed by atoms with Gasteiger partial charge >= 0.3 is 0 Å². The molecule has 0 aromatic heterocycles. The summed E-state index contributed by atoms with van der Waals surface area (Å²) in [6.45, 7) is 3.88. The summed E-state index contributed by atoms with van der Waals surface area (Å²) in [7, 11) is 5.18. The molecule has 0 unspecified atom stereocenters. The van der Waals surface area contributed by atoms with E-state index in [1.165, 1.54) is 7.11 Å². The number of fused-ring (bicyclic) bond motifs is 7. The number of carbonyl (C=O) groups is 1. The van der Waals surface area contributed by atoms with Crippen molar-refractivity contribution in [2.45, 2.75) is 89.3 Å². The number of carbonyl (C=O) groups excluding carboxylic acids is 1. The van der Waals surface area contributed by atoms with Gasteiger partial charge in [-0.25, -0.2) is 0 Å². The number of likely N-dealkylation sites (N-methyl/N-ethyl adjacent to an activating group) is 1. The van der Waals surface area contributed by atoms with Gasteiger partial charge in [0.15, 0.2) is 23.0 Å². The highest BCUT2D eigenvalue weighted by Crippen LogP contribution is 2.50. The fourth-order valence-electron chi connectivity index (χ4n) is 9.19. The van der Waals surface area contributed by atoms with Crippen molar-refractivity contribution in [3.8, 4) is 47.0 Å². The predicted octanol–water partition coefficient (Wildman–Crippen LogP) is 5.28. The summed E-state index contributed by atoms with van der Waals surface area (Å²) in [5, 5.41) is 32.9. The number of methoxy groups -OCH3 is 1. The van der Waals surface area contributed by atoms with Crippen LogP contribution in [0.4, 0.5) is 5.69 Å². The minimum Gasteiger partial charge on any atom is -0.504 e. The van der Waals surface area contributed by atoms with Crippen LogP contribution >= 0.6 is 0 Å². The molecule has 2 saturated carbocycles. The van der Waals surface area contributed by atoms with Crippen LogP contribution < -0.4 is 35.5 Å². The number of phenolic OH excluding ortho intramolecular Hbond substituents is 1. The number of guanidine groups is 1. The molecule has 2 aromatic rings. The lowest BCUT2D eigenvalue weighted by molar-refractivity contribution is -0.125. The molecule has 12 nitrogen and oxygen atoms in total. The van der Waals surface area contributed by atoms with Gasteiger partial charge in [-0.3, -0.25) is 20.4 Å². The Bertz CT molecular complexity index is 1910. The van der Waals surface area contributed by atoms with Crippen LogP contribution in [0.2, 0.25) is 0 Å². The van der Waals surface area contributed by atoms with Crippen LogP contribution in [-0.4, -0.2) is 81.3 Å². The summed E-state index contributed by atoms with van der Waals surface area (Å²) in [4.78, 5) is 18.8. The Labute approximate surface area is 337 Å². The number of hydrogen-bond acceptors (Lipinski definition) is 10. The lowest BCUT2D eigenvalue weighted by atomic mass is 9.69. The molecule has 0 radical (unpaired) electrons. The summed E-state index contributed by atoms with van der Waals surface area (Å²) < 4.78 is 24.6. The van der Waals surface area contributed by atoms with Gasteiger partial charge in [0.25, 0.3) is 0 Å². The molecule has 0 spiro atoms. The van der Waals surface area contributed by atoms with Gasteiger partial charge in [0.05, 0.1) is 25.6 Å². The molecule has 57 heavy (non-hydrogen) atoms. The second kappa shape index (κ2) is 19.6. The van der Waals surface area contributed by atoms with Crippen LogP contribution in [0.15, 0.2) is 47.5 Å². The lowest BCUT2D eigenvalue weighted by Crippen LogP contribution is -2.43. The Hall–Kier alpha value is -4.72. The summed E-state index contributed by atoms with van der Waals surface area (Å²) >= 11 is 0. The Morgan fingerprint density at radius 2 is 2.05 bits per heavy atom. The van der Waals surface area contributed by atoms with Gasteiger partial charge in [-0.2, -0.15) is 0 Å². The highest BCUT2D eigenvalue weighted by molar-refractivity contribution is 5.97. The van der Waals surface area contributed by atoms with E-state index < -0.39 is 17.1 Å². The average molecular weight is 782 g/mol. The SMILES string of the molecule is CN=C1NC#CC[C@@H]2CCC[C@]2(Cc2ccc(O)c(OC)c2)C(=O)/C=C/CCc2cc(c3c(c2)O[C@]2(CNC)C[C@H](CC#CO3)[C@@H](CCOCNC[C@H](C)O)C2)N1. The summed E-state index contributed by atoms with van der Waals surface area (Å²) in [6.07, 6.45) is 14.5. The third-order valence-corrected chi connectivity index (χ3v) is 11.9. The third kappa shape index (κ3) is 10.4. The van der Waals surface area contributed by atoms with E-state index in [4.69, 9.17) is 18.9 Å². The van der Waals surface area contributed by atoms with E-state index in [1.54, 1.807) is 26.1 Å². The first-order chi connectivity index (χ1) is 27.7. The summed E-state index contributed by atoms with van der Waals surface area (Å²) in [5.41, 5.74) is 1.49.